The molecule has 1 aliphatic heterocycles. The van der Waals surface area contributed by atoms with Crippen LogP contribution in [-0.4, -0.2) is 72.2 Å². The van der Waals surface area contributed by atoms with Gasteiger partial charge in [0.25, 0.3) is 0 Å². The second-order valence-electron chi connectivity index (χ2n) is 9.81. The minimum Gasteiger partial charge on any atom is -0.379 e. The summed E-state index contributed by atoms with van der Waals surface area (Å²) in [4.78, 5) is 11.4. The van der Waals surface area contributed by atoms with E-state index in [1.807, 2.05) is 10.9 Å². The number of nitrogens with zero attached hydrogens (tertiary/aromatic N) is 5. The van der Waals surface area contributed by atoms with Crippen LogP contribution in [0.3, 0.4) is 0 Å². The van der Waals surface area contributed by atoms with E-state index < -0.39 is 7.60 Å². The molecular formula is C26H35ClN5O5P. The van der Waals surface area contributed by atoms with Crippen molar-refractivity contribution in [2.75, 3.05) is 51.3 Å². The molecule has 3 heterocycles. The van der Waals surface area contributed by atoms with Crippen LogP contribution in [0.1, 0.15) is 37.8 Å². The summed E-state index contributed by atoms with van der Waals surface area (Å²) in [6.07, 6.45) is 4.36. The maximum absolute atomic E-state index is 12.6. The van der Waals surface area contributed by atoms with Crippen molar-refractivity contribution in [2.45, 2.75) is 51.2 Å². The SMILES string of the molecule is CCOP(=O)(COCC(CCn1ncc2c(N3CC4(CCc5ccccc54)C3)nc(Cl)nc21)OC)OCC. The third-order valence-electron chi connectivity index (χ3n) is 7.40. The van der Waals surface area contributed by atoms with E-state index in [1.54, 1.807) is 21.0 Å². The zero-order chi connectivity index (χ0) is 26.8. The molecule has 0 bridgehead atoms. The molecule has 1 aromatic carbocycles. The van der Waals surface area contributed by atoms with E-state index in [9.17, 15) is 4.57 Å². The summed E-state index contributed by atoms with van der Waals surface area (Å²) in [6.45, 7) is 6.74. The van der Waals surface area contributed by atoms with Crippen molar-refractivity contribution < 1.29 is 23.1 Å². The first-order chi connectivity index (χ1) is 18.4. The van der Waals surface area contributed by atoms with Crippen LogP contribution in [0, 0.1) is 0 Å². The maximum atomic E-state index is 12.6. The third kappa shape index (κ3) is 5.48. The number of aryl methyl sites for hydroxylation is 2. The highest BCUT2D eigenvalue weighted by Crippen LogP contribution is 2.48. The van der Waals surface area contributed by atoms with E-state index in [4.69, 9.17) is 30.1 Å². The summed E-state index contributed by atoms with van der Waals surface area (Å²) in [5.41, 5.74) is 3.81. The first kappa shape index (κ1) is 27.5. The largest absolute Gasteiger partial charge is 0.379 e. The molecule has 10 nitrogen and oxygen atoms in total. The zero-order valence-corrected chi connectivity index (χ0v) is 23.8. The van der Waals surface area contributed by atoms with Crippen LogP contribution < -0.4 is 4.90 Å². The summed E-state index contributed by atoms with van der Waals surface area (Å²) in [6, 6.07) is 8.76. The highest BCUT2D eigenvalue weighted by molar-refractivity contribution is 7.53. The van der Waals surface area contributed by atoms with E-state index in [0.29, 0.717) is 31.8 Å². The molecule has 0 saturated carbocycles. The fraction of sp³-hybridized carbons (Fsp3) is 0.577. The van der Waals surface area contributed by atoms with Gasteiger partial charge in [-0.1, -0.05) is 24.3 Å². The highest BCUT2D eigenvalue weighted by atomic mass is 35.5. The molecule has 1 saturated heterocycles. The fourth-order valence-electron chi connectivity index (χ4n) is 5.58. The van der Waals surface area contributed by atoms with Crippen molar-refractivity contribution in [1.29, 1.82) is 0 Å². The average molecular weight is 564 g/mol. The molecule has 1 fully saturated rings. The lowest BCUT2D eigenvalue weighted by atomic mass is 9.75. The van der Waals surface area contributed by atoms with Crippen molar-refractivity contribution in [1.82, 2.24) is 19.7 Å². The summed E-state index contributed by atoms with van der Waals surface area (Å²) in [5.74, 6) is 0.829. The fourth-order valence-corrected chi connectivity index (χ4v) is 7.08. The normalized spacial score (nSPS) is 17.2. The number of halogens is 1. The molecule has 38 heavy (non-hydrogen) atoms. The molecule has 12 heteroatoms. The Balaban J connectivity index is 1.23. The van der Waals surface area contributed by atoms with Gasteiger partial charge in [-0.15, -0.1) is 0 Å². The Labute approximate surface area is 228 Å². The van der Waals surface area contributed by atoms with Crippen molar-refractivity contribution in [2.24, 2.45) is 0 Å². The highest BCUT2D eigenvalue weighted by Gasteiger charge is 2.49. The van der Waals surface area contributed by atoms with Gasteiger partial charge in [0.05, 0.1) is 37.5 Å². The van der Waals surface area contributed by atoms with E-state index in [1.165, 1.54) is 11.1 Å². The number of benzene rings is 1. The molecule has 1 unspecified atom stereocenters. The minimum atomic E-state index is -3.26. The molecule has 1 spiro atoms. The number of anilines is 1. The molecule has 2 aliphatic rings. The van der Waals surface area contributed by atoms with Gasteiger partial charge < -0.3 is 23.4 Å². The predicted octanol–water partition coefficient (Wildman–Crippen LogP) is 4.83. The second kappa shape index (κ2) is 11.6. The Bertz CT molecular complexity index is 1300. The molecule has 0 radical (unpaired) electrons. The van der Waals surface area contributed by atoms with Crippen LogP contribution in [-0.2, 0) is 41.5 Å². The first-order valence-corrected chi connectivity index (χ1v) is 15.2. The number of rotatable bonds is 13. The Morgan fingerprint density at radius 3 is 2.66 bits per heavy atom. The molecular weight excluding hydrogens is 529 g/mol. The molecule has 0 amide bonds. The van der Waals surface area contributed by atoms with Gasteiger partial charge in [-0.05, 0) is 55.8 Å². The third-order valence-corrected chi connectivity index (χ3v) is 9.37. The average Bonchev–Trinajstić information content (AvgIpc) is 3.47. The van der Waals surface area contributed by atoms with Gasteiger partial charge in [0.2, 0.25) is 5.28 Å². The van der Waals surface area contributed by atoms with Crippen LogP contribution in [0.5, 0.6) is 0 Å². The standard InChI is InChI=1S/C26H35ClN5O5P/c1-4-36-38(33,37-5-2)18-35-15-20(34-3)11-13-32-24-21(14-28-32)23(29-25(27)30-24)31-16-26(17-31)12-10-19-8-6-7-9-22(19)26/h6-9,14,20H,4-5,10-13,15-18H2,1-3H3. The second-order valence-corrected chi connectivity index (χ2v) is 12.1. The van der Waals surface area contributed by atoms with Crippen LogP contribution in [0.4, 0.5) is 5.82 Å². The molecule has 206 valence electrons. The zero-order valence-electron chi connectivity index (χ0n) is 22.1. The van der Waals surface area contributed by atoms with Crippen LogP contribution >= 0.6 is 19.2 Å². The van der Waals surface area contributed by atoms with Crippen molar-refractivity contribution in [3.63, 3.8) is 0 Å². The van der Waals surface area contributed by atoms with E-state index in [2.05, 4.69) is 44.2 Å². The molecule has 3 aromatic rings. The summed E-state index contributed by atoms with van der Waals surface area (Å²) in [7, 11) is -1.64. The van der Waals surface area contributed by atoms with Crippen molar-refractivity contribution in [3.8, 4) is 0 Å². The Hall–Kier alpha value is -2.07. The number of hydrogen-bond acceptors (Lipinski definition) is 9. The smallest absolute Gasteiger partial charge is 0.356 e. The van der Waals surface area contributed by atoms with Gasteiger partial charge in [-0.25, -0.2) is 4.68 Å². The summed E-state index contributed by atoms with van der Waals surface area (Å²) >= 11 is 6.38. The topological polar surface area (TPSA) is 101 Å². The summed E-state index contributed by atoms with van der Waals surface area (Å²) < 4.78 is 36.2. The number of methoxy groups -OCH3 is 1. The minimum absolute atomic E-state index is 0.118. The Morgan fingerprint density at radius 2 is 1.92 bits per heavy atom. The number of aromatic nitrogens is 4. The molecule has 0 N–H and O–H groups in total. The van der Waals surface area contributed by atoms with Gasteiger partial charge in [-0.2, -0.15) is 15.1 Å². The predicted molar refractivity (Wildman–Crippen MR) is 146 cm³/mol. The lowest BCUT2D eigenvalue weighted by Gasteiger charge is -2.49. The number of ether oxygens (including phenoxy) is 2. The van der Waals surface area contributed by atoms with Crippen LogP contribution in [0.15, 0.2) is 30.5 Å². The number of hydrogen-bond donors (Lipinski definition) is 0. The quantitative estimate of drug-likeness (QED) is 0.214. The molecule has 2 aromatic heterocycles. The lowest BCUT2D eigenvalue weighted by Crippen LogP contribution is -2.58. The van der Waals surface area contributed by atoms with Gasteiger partial charge in [0.15, 0.2) is 5.65 Å². The Morgan fingerprint density at radius 1 is 1.16 bits per heavy atom. The molecule has 1 atom stereocenters. The van der Waals surface area contributed by atoms with Gasteiger partial charge in [-0.3, -0.25) is 4.57 Å². The molecule has 1 aliphatic carbocycles. The first-order valence-electron chi connectivity index (χ1n) is 13.1. The van der Waals surface area contributed by atoms with Gasteiger partial charge in [0.1, 0.15) is 12.2 Å². The monoisotopic (exact) mass is 563 g/mol. The van der Waals surface area contributed by atoms with E-state index in [-0.39, 0.29) is 29.8 Å². The number of fused-ring (bicyclic) bond motifs is 3. The van der Waals surface area contributed by atoms with E-state index >= 15 is 0 Å². The lowest BCUT2D eigenvalue weighted by molar-refractivity contribution is 0.00954. The van der Waals surface area contributed by atoms with Crippen LogP contribution in [0.25, 0.3) is 11.0 Å². The van der Waals surface area contributed by atoms with Crippen molar-refractivity contribution in [3.05, 3.63) is 46.9 Å². The molecule has 5 rings (SSSR count). The van der Waals surface area contributed by atoms with Gasteiger partial charge in [0, 0.05) is 32.2 Å². The van der Waals surface area contributed by atoms with E-state index in [0.717, 1.165) is 37.1 Å². The maximum Gasteiger partial charge on any atom is 0.356 e. The van der Waals surface area contributed by atoms with Gasteiger partial charge >= 0.3 is 7.60 Å². The van der Waals surface area contributed by atoms with Crippen LogP contribution in [0.2, 0.25) is 5.28 Å². The Kier molecular flexibility index (Phi) is 8.38. The summed E-state index contributed by atoms with van der Waals surface area (Å²) in [5, 5.41) is 5.67. The van der Waals surface area contributed by atoms with Crippen molar-refractivity contribution >= 4 is 36.0 Å².